The summed E-state index contributed by atoms with van der Waals surface area (Å²) in [5.41, 5.74) is 6.12. The number of hydrogen-bond acceptors (Lipinski definition) is 1. The second-order valence-corrected chi connectivity index (χ2v) is 7.53. The Morgan fingerprint density at radius 1 is 0.759 bits per heavy atom. The van der Waals surface area contributed by atoms with E-state index in [9.17, 15) is 0 Å². The summed E-state index contributed by atoms with van der Waals surface area (Å²) in [7, 11) is 2.15. The molecule has 0 spiro atoms. The summed E-state index contributed by atoms with van der Waals surface area (Å²) in [5, 5.41) is 1.26. The molecule has 5 aromatic rings. The third-order valence-electron chi connectivity index (χ3n) is 5.70. The first-order chi connectivity index (χ1) is 14.3. The standard InChI is InChI=1S/C27H23NO/c1-28-25-15-9-8-14-22(25)17-26(28)24(16-20-10-4-2-5-11-20)27-18-23(19-29-27)21-12-6-3-7-13-21/h2-15,17-19,24H,16H2,1H3. The highest BCUT2D eigenvalue weighted by Crippen LogP contribution is 2.35. The highest BCUT2D eigenvalue weighted by atomic mass is 16.3. The van der Waals surface area contributed by atoms with Crippen molar-refractivity contribution in [2.75, 3.05) is 0 Å². The van der Waals surface area contributed by atoms with Gasteiger partial charge >= 0.3 is 0 Å². The molecule has 0 aliphatic rings. The monoisotopic (exact) mass is 377 g/mol. The summed E-state index contributed by atoms with van der Waals surface area (Å²) in [6.07, 6.45) is 2.78. The number of fused-ring (bicyclic) bond motifs is 1. The first-order valence-electron chi connectivity index (χ1n) is 10.0. The van der Waals surface area contributed by atoms with Gasteiger partial charge < -0.3 is 8.98 Å². The molecule has 2 heterocycles. The highest BCUT2D eigenvalue weighted by Gasteiger charge is 2.23. The molecule has 0 saturated carbocycles. The SMILES string of the molecule is Cn1c(C(Cc2ccccc2)c2cc(-c3ccccc3)co2)cc2ccccc21. The van der Waals surface area contributed by atoms with Crippen molar-refractivity contribution in [3.05, 3.63) is 120 Å². The summed E-state index contributed by atoms with van der Waals surface area (Å²) in [4.78, 5) is 0. The molecule has 0 radical (unpaired) electrons. The normalized spacial score (nSPS) is 12.3. The predicted octanol–water partition coefficient (Wildman–Crippen LogP) is 6.81. The second kappa shape index (κ2) is 7.48. The lowest BCUT2D eigenvalue weighted by atomic mass is 9.93. The maximum Gasteiger partial charge on any atom is 0.113 e. The molecule has 3 aromatic carbocycles. The Labute approximate surface area is 171 Å². The van der Waals surface area contributed by atoms with Crippen LogP contribution in [0.3, 0.4) is 0 Å². The van der Waals surface area contributed by atoms with Crippen LogP contribution in [0.4, 0.5) is 0 Å². The predicted molar refractivity (Wildman–Crippen MR) is 119 cm³/mol. The number of benzene rings is 3. The number of rotatable bonds is 5. The van der Waals surface area contributed by atoms with E-state index in [-0.39, 0.29) is 5.92 Å². The minimum absolute atomic E-state index is 0.146. The Bertz CT molecular complexity index is 1230. The molecule has 2 aromatic heterocycles. The van der Waals surface area contributed by atoms with Gasteiger partial charge in [-0.25, -0.2) is 0 Å². The third-order valence-corrected chi connectivity index (χ3v) is 5.70. The fourth-order valence-corrected chi connectivity index (χ4v) is 4.16. The van der Waals surface area contributed by atoms with Crippen LogP contribution in [0.15, 0.2) is 108 Å². The summed E-state index contributed by atoms with van der Waals surface area (Å²) >= 11 is 0. The molecule has 0 N–H and O–H groups in total. The van der Waals surface area contributed by atoms with Gasteiger partial charge in [0.05, 0.1) is 12.2 Å². The largest absolute Gasteiger partial charge is 0.468 e. The van der Waals surface area contributed by atoms with Gasteiger partial charge in [0, 0.05) is 23.8 Å². The maximum atomic E-state index is 6.15. The van der Waals surface area contributed by atoms with Crippen LogP contribution >= 0.6 is 0 Å². The van der Waals surface area contributed by atoms with Gasteiger partial charge in [-0.2, -0.15) is 0 Å². The first-order valence-corrected chi connectivity index (χ1v) is 10.0. The van der Waals surface area contributed by atoms with Gasteiger partial charge in [0.15, 0.2) is 0 Å². The van der Waals surface area contributed by atoms with Gasteiger partial charge in [0.25, 0.3) is 0 Å². The minimum atomic E-state index is 0.146. The van der Waals surface area contributed by atoms with Crippen LogP contribution in [0.1, 0.15) is 22.9 Å². The van der Waals surface area contributed by atoms with E-state index in [1.807, 2.05) is 12.3 Å². The molecule has 1 atom stereocenters. The van der Waals surface area contributed by atoms with E-state index in [2.05, 4.69) is 103 Å². The Morgan fingerprint density at radius 2 is 1.45 bits per heavy atom. The van der Waals surface area contributed by atoms with Crippen molar-refractivity contribution in [3.63, 3.8) is 0 Å². The molecular formula is C27H23NO. The van der Waals surface area contributed by atoms with Crippen molar-refractivity contribution < 1.29 is 4.42 Å². The average Bonchev–Trinajstić information content (AvgIpc) is 3.39. The van der Waals surface area contributed by atoms with Gasteiger partial charge in [-0.1, -0.05) is 78.9 Å². The van der Waals surface area contributed by atoms with Gasteiger partial charge in [0.2, 0.25) is 0 Å². The minimum Gasteiger partial charge on any atom is -0.468 e. The van der Waals surface area contributed by atoms with Crippen molar-refractivity contribution in [2.24, 2.45) is 7.05 Å². The van der Waals surface area contributed by atoms with Gasteiger partial charge in [-0.3, -0.25) is 0 Å². The Morgan fingerprint density at radius 3 is 2.21 bits per heavy atom. The Balaban J connectivity index is 1.61. The quantitative estimate of drug-likeness (QED) is 0.329. The molecule has 0 fully saturated rings. The number of furan rings is 1. The summed E-state index contributed by atoms with van der Waals surface area (Å²) in [5.74, 6) is 1.14. The molecule has 0 saturated heterocycles. The summed E-state index contributed by atoms with van der Waals surface area (Å²) in [6.45, 7) is 0. The van der Waals surface area contributed by atoms with Crippen molar-refractivity contribution in [3.8, 4) is 11.1 Å². The van der Waals surface area contributed by atoms with Crippen LogP contribution in [0.25, 0.3) is 22.0 Å². The van der Waals surface area contributed by atoms with Crippen molar-refractivity contribution in [1.29, 1.82) is 0 Å². The number of nitrogens with zero attached hydrogens (tertiary/aromatic N) is 1. The van der Waals surface area contributed by atoms with Gasteiger partial charge in [0.1, 0.15) is 5.76 Å². The number of hydrogen-bond donors (Lipinski definition) is 0. The molecule has 0 aliphatic carbocycles. The maximum absolute atomic E-state index is 6.15. The molecule has 29 heavy (non-hydrogen) atoms. The van der Waals surface area contributed by atoms with E-state index in [0.29, 0.717) is 0 Å². The van der Waals surface area contributed by atoms with Crippen LogP contribution in [-0.4, -0.2) is 4.57 Å². The van der Waals surface area contributed by atoms with Gasteiger partial charge in [-0.15, -0.1) is 0 Å². The smallest absolute Gasteiger partial charge is 0.113 e. The average molecular weight is 377 g/mol. The lowest BCUT2D eigenvalue weighted by molar-refractivity contribution is 0.477. The number of aryl methyl sites for hydroxylation is 1. The zero-order valence-corrected chi connectivity index (χ0v) is 16.5. The van der Waals surface area contributed by atoms with Crippen molar-refractivity contribution in [2.45, 2.75) is 12.3 Å². The fraction of sp³-hybridized carbons (Fsp3) is 0.111. The zero-order valence-electron chi connectivity index (χ0n) is 16.5. The second-order valence-electron chi connectivity index (χ2n) is 7.53. The lowest BCUT2D eigenvalue weighted by Gasteiger charge is -2.16. The molecule has 0 bridgehead atoms. The zero-order chi connectivity index (χ0) is 19.6. The van der Waals surface area contributed by atoms with E-state index >= 15 is 0 Å². The lowest BCUT2D eigenvalue weighted by Crippen LogP contribution is -2.09. The van der Waals surface area contributed by atoms with Crippen LogP contribution < -0.4 is 0 Å². The van der Waals surface area contributed by atoms with Crippen molar-refractivity contribution in [1.82, 2.24) is 4.57 Å². The Kier molecular flexibility index (Phi) is 4.53. The molecule has 0 aliphatic heterocycles. The molecule has 2 heteroatoms. The fourth-order valence-electron chi connectivity index (χ4n) is 4.16. The summed E-state index contributed by atoms with van der Waals surface area (Å²) in [6, 6.07) is 34.1. The summed E-state index contributed by atoms with van der Waals surface area (Å²) < 4.78 is 8.44. The van der Waals surface area contributed by atoms with Crippen LogP contribution in [0.2, 0.25) is 0 Å². The van der Waals surface area contributed by atoms with E-state index in [4.69, 9.17) is 4.42 Å². The van der Waals surface area contributed by atoms with Crippen LogP contribution in [-0.2, 0) is 13.5 Å². The molecule has 2 nitrogen and oxygen atoms in total. The van der Waals surface area contributed by atoms with Crippen LogP contribution in [0, 0.1) is 0 Å². The molecular weight excluding hydrogens is 354 g/mol. The molecule has 142 valence electrons. The highest BCUT2D eigenvalue weighted by molar-refractivity contribution is 5.81. The molecule has 0 amide bonds. The topological polar surface area (TPSA) is 18.1 Å². The molecule has 5 rings (SSSR count). The van der Waals surface area contributed by atoms with Crippen molar-refractivity contribution >= 4 is 10.9 Å². The van der Waals surface area contributed by atoms with E-state index < -0.39 is 0 Å². The van der Waals surface area contributed by atoms with E-state index in [1.54, 1.807) is 0 Å². The third kappa shape index (κ3) is 3.38. The van der Waals surface area contributed by atoms with E-state index in [1.165, 1.54) is 27.7 Å². The van der Waals surface area contributed by atoms with E-state index in [0.717, 1.165) is 17.7 Å². The van der Waals surface area contributed by atoms with Crippen LogP contribution in [0.5, 0.6) is 0 Å². The Hall–Kier alpha value is -3.52. The number of para-hydroxylation sites is 1. The molecule has 1 unspecified atom stereocenters. The number of aromatic nitrogens is 1. The first kappa shape index (κ1) is 17.6. The van der Waals surface area contributed by atoms with Gasteiger partial charge in [-0.05, 0) is 41.1 Å².